The third kappa shape index (κ3) is 2.51. The first-order valence-corrected chi connectivity index (χ1v) is 6.23. The molecule has 5 heteroatoms. The van der Waals surface area contributed by atoms with Gasteiger partial charge in [-0.3, -0.25) is 4.79 Å². The summed E-state index contributed by atoms with van der Waals surface area (Å²) in [5.74, 6) is -0.949. The molecule has 0 N–H and O–H groups in total. The van der Waals surface area contributed by atoms with E-state index < -0.39 is 5.92 Å². The predicted molar refractivity (Wildman–Crippen MR) is 72.6 cm³/mol. The summed E-state index contributed by atoms with van der Waals surface area (Å²) >= 11 is 12.1. The van der Waals surface area contributed by atoms with Crippen molar-refractivity contribution in [2.24, 2.45) is 0 Å². The minimum atomic E-state index is -1.04. The molecule has 0 fully saturated rings. The van der Waals surface area contributed by atoms with Gasteiger partial charge in [-0.05, 0) is 25.1 Å². The number of benzene rings is 1. The zero-order chi connectivity index (χ0) is 14.0. The molecule has 0 saturated heterocycles. The van der Waals surface area contributed by atoms with Gasteiger partial charge < -0.3 is 4.42 Å². The Kier molecular flexibility index (Phi) is 3.94. The molecule has 1 heterocycles. The van der Waals surface area contributed by atoms with Crippen LogP contribution in [0.4, 0.5) is 0 Å². The lowest BCUT2D eigenvalue weighted by Crippen LogP contribution is -2.12. The second-order valence-corrected chi connectivity index (χ2v) is 4.77. The molecule has 0 aliphatic carbocycles. The number of Topliss-reactive ketones (excluding diaryl/α,β-unsaturated/α-hetero) is 1. The quantitative estimate of drug-likeness (QED) is 0.789. The van der Waals surface area contributed by atoms with Crippen molar-refractivity contribution in [3.63, 3.8) is 0 Å². The maximum absolute atomic E-state index is 12.4. The van der Waals surface area contributed by atoms with Crippen molar-refractivity contribution in [3.05, 3.63) is 57.5 Å². The van der Waals surface area contributed by atoms with E-state index in [4.69, 9.17) is 27.6 Å². The van der Waals surface area contributed by atoms with E-state index in [0.29, 0.717) is 26.9 Å². The molecule has 1 aromatic carbocycles. The third-order valence-electron chi connectivity index (χ3n) is 2.80. The first kappa shape index (κ1) is 13.7. The molecule has 0 amide bonds. The Labute approximate surface area is 120 Å². The van der Waals surface area contributed by atoms with Gasteiger partial charge in [-0.25, -0.2) is 0 Å². The van der Waals surface area contributed by atoms with Crippen molar-refractivity contribution in [1.82, 2.24) is 0 Å². The zero-order valence-corrected chi connectivity index (χ0v) is 11.5. The number of aryl methyl sites for hydroxylation is 1. The molecule has 19 heavy (non-hydrogen) atoms. The second kappa shape index (κ2) is 5.48. The van der Waals surface area contributed by atoms with Gasteiger partial charge in [0.05, 0.1) is 17.9 Å². The van der Waals surface area contributed by atoms with Crippen LogP contribution in [0.2, 0.25) is 10.0 Å². The fourth-order valence-corrected chi connectivity index (χ4v) is 2.45. The highest BCUT2D eigenvalue weighted by Crippen LogP contribution is 2.33. The molecule has 0 aliphatic heterocycles. The summed E-state index contributed by atoms with van der Waals surface area (Å²) in [4.78, 5) is 12.4. The standard InChI is InChI=1S/C14H9Cl2NO2/c1-8-9(5-6-19-8)14(18)10(7-17)13-11(15)3-2-4-12(13)16/h2-6,10H,1H3. The average Bonchev–Trinajstić information content (AvgIpc) is 2.79. The molecule has 2 aromatic rings. The minimum Gasteiger partial charge on any atom is -0.469 e. The van der Waals surface area contributed by atoms with Crippen LogP contribution in [0.5, 0.6) is 0 Å². The lowest BCUT2D eigenvalue weighted by Gasteiger charge is -2.11. The lowest BCUT2D eigenvalue weighted by molar-refractivity contribution is 0.0977. The smallest absolute Gasteiger partial charge is 0.188 e. The molecule has 1 atom stereocenters. The largest absolute Gasteiger partial charge is 0.469 e. The van der Waals surface area contributed by atoms with Crippen LogP contribution >= 0.6 is 23.2 Å². The van der Waals surface area contributed by atoms with Gasteiger partial charge >= 0.3 is 0 Å². The zero-order valence-electron chi connectivity index (χ0n) is 9.98. The lowest BCUT2D eigenvalue weighted by atomic mass is 9.92. The summed E-state index contributed by atoms with van der Waals surface area (Å²) in [6, 6.07) is 8.35. The predicted octanol–water partition coefficient (Wildman–Crippen LogP) is 4.38. The average molecular weight is 294 g/mol. The van der Waals surface area contributed by atoms with E-state index >= 15 is 0 Å². The maximum atomic E-state index is 12.4. The van der Waals surface area contributed by atoms with Gasteiger partial charge in [0.2, 0.25) is 0 Å². The molecule has 2 rings (SSSR count). The molecule has 3 nitrogen and oxygen atoms in total. The normalized spacial score (nSPS) is 11.9. The molecule has 0 aliphatic rings. The Bertz CT molecular complexity index is 650. The summed E-state index contributed by atoms with van der Waals surface area (Å²) in [7, 11) is 0. The molecule has 1 aromatic heterocycles. The Morgan fingerprint density at radius 1 is 1.32 bits per heavy atom. The molecule has 0 radical (unpaired) electrons. The van der Waals surface area contributed by atoms with Crippen LogP contribution in [0, 0.1) is 18.3 Å². The van der Waals surface area contributed by atoms with Crippen LogP contribution in [-0.2, 0) is 0 Å². The molecule has 1 unspecified atom stereocenters. The number of nitrogens with zero attached hydrogens (tertiary/aromatic N) is 1. The van der Waals surface area contributed by atoms with Gasteiger partial charge in [0.25, 0.3) is 0 Å². The number of carbonyl (C=O) groups is 1. The molecular formula is C14H9Cl2NO2. The number of halogens is 2. The number of hydrogen-bond acceptors (Lipinski definition) is 3. The van der Waals surface area contributed by atoms with Gasteiger partial charge in [-0.15, -0.1) is 0 Å². The van der Waals surface area contributed by atoms with Crippen LogP contribution in [0.3, 0.4) is 0 Å². The van der Waals surface area contributed by atoms with Crippen LogP contribution < -0.4 is 0 Å². The van der Waals surface area contributed by atoms with Crippen molar-refractivity contribution in [3.8, 4) is 6.07 Å². The van der Waals surface area contributed by atoms with Gasteiger partial charge in [-0.1, -0.05) is 29.3 Å². The number of ketones is 1. The fourth-order valence-electron chi connectivity index (χ4n) is 1.84. The highest BCUT2D eigenvalue weighted by atomic mass is 35.5. The second-order valence-electron chi connectivity index (χ2n) is 3.95. The van der Waals surface area contributed by atoms with E-state index in [2.05, 4.69) is 0 Å². The van der Waals surface area contributed by atoms with Crippen molar-refractivity contribution in [2.75, 3.05) is 0 Å². The molecule has 0 bridgehead atoms. The summed E-state index contributed by atoms with van der Waals surface area (Å²) in [5, 5.41) is 9.87. The van der Waals surface area contributed by atoms with Gasteiger partial charge in [-0.2, -0.15) is 5.26 Å². The number of hydrogen-bond donors (Lipinski definition) is 0. The van der Waals surface area contributed by atoms with E-state index in [-0.39, 0.29) is 5.78 Å². The van der Waals surface area contributed by atoms with Crippen LogP contribution in [-0.4, -0.2) is 5.78 Å². The first-order chi connectivity index (χ1) is 9.06. The molecule has 0 saturated carbocycles. The van der Waals surface area contributed by atoms with E-state index in [0.717, 1.165) is 0 Å². The highest BCUT2D eigenvalue weighted by molar-refractivity contribution is 6.36. The molecule has 96 valence electrons. The summed E-state index contributed by atoms with van der Waals surface area (Å²) in [6.07, 6.45) is 1.41. The van der Waals surface area contributed by atoms with Gasteiger partial charge in [0.1, 0.15) is 11.7 Å². The molecule has 0 spiro atoms. The van der Waals surface area contributed by atoms with Crippen molar-refractivity contribution in [2.45, 2.75) is 12.8 Å². The Balaban J connectivity index is 2.50. The highest BCUT2D eigenvalue weighted by Gasteiger charge is 2.28. The maximum Gasteiger partial charge on any atom is 0.188 e. The Morgan fingerprint density at radius 3 is 2.42 bits per heavy atom. The van der Waals surface area contributed by atoms with Crippen LogP contribution in [0.25, 0.3) is 0 Å². The summed E-state index contributed by atoms with van der Waals surface area (Å²) in [5.41, 5.74) is 0.696. The van der Waals surface area contributed by atoms with Gasteiger partial charge in [0, 0.05) is 15.6 Å². The third-order valence-corrected chi connectivity index (χ3v) is 3.46. The Morgan fingerprint density at radius 2 is 1.95 bits per heavy atom. The monoisotopic (exact) mass is 293 g/mol. The number of nitriles is 1. The van der Waals surface area contributed by atoms with E-state index in [1.165, 1.54) is 12.3 Å². The fraction of sp³-hybridized carbons (Fsp3) is 0.143. The Hall–Kier alpha value is -1.76. The van der Waals surface area contributed by atoms with Crippen LogP contribution in [0.1, 0.15) is 27.6 Å². The van der Waals surface area contributed by atoms with E-state index in [1.807, 2.05) is 6.07 Å². The topological polar surface area (TPSA) is 54.0 Å². The number of carbonyl (C=O) groups excluding carboxylic acids is 1. The minimum absolute atomic E-state index is 0.300. The number of furan rings is 1. The SMILES string of the molecule is Cc1occc1C(=O)C(C#N)c1c(Cl)cccc1Cl. The van der Waals surface area contributed by atoms with Crippen molar-refractivity contribution in [1.29, 1.82) is 5.26 Å². The molecular weight excluding hydrogens is 285 g/mol. The number of rotatable bonds is 3. The van der Waals surface area contributed by atoms with E-state index in [9.17, 15) is 10.1 Å². The van der Waals surface area contributed by atoms with Gasteiger partial charge in [0.15, 0.2) is 5.78 Å². The van der Waals surface area contributed by atoms with E-state index in [1.54, 1.807) is 25.1 Å². The summed E-state index contributed by atoms with van der Waals surface area (Å²) in [6.45, 7) is 1.66. The first-order valence-electron chi connectivity index (χ1n) is 5.48. The van der Waals surface area contributed by atoms with Crippen molar-refractivity contribution >= 4 is 29.0 Å². The van der Waals surface area contributed by atoms with Crippen LogP contribution in [0.15, 0.2) is 34.9 Å². The summed E-state index contributed by atoms with van der Waals surface area (Å²) < 4.78 is 5.08. The van der Waals surface area contributed by atoms with Crippen molar-refractivity contribution < 1.29 is 9.21 Å².